The van der Waals surface area contributed by atoms with E-state index in [1.54, 1.807) is 11.1 Å². The van der Waals surface area contributed by atoms with Gasteiger partial charge in [0.2, 0.25) is 0 Å². The van der Waals surface area contributed by atoms with E-state index in [9.17, 15) is 0 Å². The molecule has 240 valence electrons. The third-order valence-corrected chi connectivity index (χ3v) is 11.7. The van der Waals surface area contributed by atoms with E-state index in [4.69, 9.17) is 0 Å². The standard InChI is InChI=1S/C42H60S2/c1-3-5-7-9-11-13-15-17-19-21-25-35-31-40(43-34-35)41-33-38(28-22-20-18-16-14-12-10-8-6-4-2)42(44-41)39-30-29-36-26-23-24-27-37(36)32-39/h23-24,26-27,29-34H,3-22,25,28H2,1-2H3. The van der Waals surface area contributed by atoms with Gasteiger partial charge in [0, 0.05) is 14.6 Å². The number of aryl methyl sites for hydroxylation is 2. The second-order valence-corrected chi connectivity index (χ2v) is 15.2. The Labute approximate surface area is 278 Å². The first-order valence-electron chi connectivity index (χ1n) is 18.5. The Morgan fingerprint density at radius 2 is 1.02 bits per heavy atom. The zero-order valence-electron chi connectivity index (χ0n) is 28.1. The fourth-order valence-electron chi connectivity index (χ4n) is 6.57. The van der Waals surface area contributed by atoms with Crippen LogP contribution in [0.25, 0.3) is 31.0 Å². The third kappa shape index (κ3) is 12.1. The van der Waals surface area contributed by atoms with E-state index in [-0.39, 0.29) is 0 Å². The first kappa shape index (κ1) is 35.0. The molecule has 0 spiro atoms. The molecule has 0 fully saturated rings. The highest BCUT2D eigenvalue weighted by molar-refractivity contribution is 7.23. The zero-order chi connectivity index (χ0) is 30.7. The maximum atomic E-state index is 2.54. The van der Waals surface area contributed by atoms with Crippen molar-refractivity contribution in [2.24, 2.45) is 0 Å². The minimum absolute atomic E-state index is 1.20. The van der Waals surface area contributed by atoms with Gasteiger partial charge in [0.1, 0.15) is 0 Å². The minimum Gasteiger partial charge on any atom is -0.143 e. The lowest BCUT2D eigenvalue weighted by Gasteiger charge is -2.06. The summed E-state index contributed by atoms with van der Waals surface area (Å²) in [6.07, 6.45) is 30.5. The average molecular weight is 629 g/mol. The van der Waals surface area contributed by atoms with Gasteiger partial charge in [-0.3, -0.25) is 0 Å². The lowest BCUT2D eigenvalue weighted by Crippen LogP contribution is -1.88. The van der Waals surface area contributed by atoms with Crippen molar-refractivity contribution in [1.29, 1.82) is 0 Å². The van der Waals surface area contributed by atoms with Crippen LogP contribution in [0, 0.1) is 0 Å². The molecule has 2 aromatic heterocycles. The van der Waals surface area contributed by atoms with Gasteiger partial charge in [0.15, 0.2) is 0 Å². The molecule has 44 heavy (non-hydrogen) atoms. The van der Waals surface area contributed by atoms with Crippen LogP contribution in [0.2, 0.25) is 0 Å². The van der Waals surface area contributed by atoms with Gasteiger partial charge in [-0.1, -0.05) is 166 Å². The van der Waals surface area contributed by atoms with Crippen LogP contribution < -0.4 is 0 Å². The zero-order valence-corrected chi connectivity index (χ0v) is 29.8. The van der Waals surface area contributed by atoms with E-state index in [0.717, 1.165) is 0 Å². The van der Waals surface area contributed by atoms with Crippen LogP contribution in [0.3, 0.4) is 0 Å². The lowest BCUT2D eigenvalue weighted by atomic mass is 10.00. The molecule has 0 bridgehead atoms. The van der Waals surface area contributed by atoms with Crippen LogP contribution in [-0.4, -0.2) is 0 Å². The largest absolute Gasteiger partial charge is 0.143 e. The second-order valence-electron chi connectivity index (χ2n) is 13.2. The van der Waals surface area contributed by atoms with Crippen molar-refractivity contribution in [3.63, 3.8) is 0 Å². The molecule has 2 heteroatoms. The maximum Gasteiger partial charge on any atom is 0.0452 e. The maximum absolute atomic E-state index is 2.54. The monoisotopic (exact) mass is 628 g/mol. The van der Waals surface area contributed by atoms with Crippen molar-refractivity contribution in [3.05, 3.63) is 71.1 Å². The molecular weight excluding hydrogens is 569 g/mol. The summed E-state index contributed by atoms with van der Waals surface area (Å²) in [7, 11) is 0. The highest BCUT2D eigenvalue weighted by atomic mass is 32.1. The summed E-state index contributed by atoms with van der Waals surface area (Å²) in [6.45, 7) is 4.61. The van der Waals surface area contributed by atoms with Crippen LogP contribution in [0.15, 0.2) is 60.0 Å². The van der Waals surface area contributed by atoms with Gasteiger partial charge in [-0.15, -0.1) is 22.7 Å². The number of hydrogen-bond donors (Lipinski definition) is 0. The van der Waals surface area contributed by atoms with Gasteiger partial charge in [-0.2, -0.15) is 0 Å². The summed E-state index contributed by atoms with van der Waals surface area (Å²) < 4.78 is 0. The third-order valence-electron chi connectivity index (χ3n) is 9.34. The molecule has 0 saturated heterocycles. The highest BCUT2D eigenvalue weighted by Crippen LogP contribution is 2.42. The number of thiophene rings is 2. The predicted molar refractivity (Wildman–Crippen MR) is 202 cm³/mol. The van der Waals surface area contributed by atoms with Crippen molar-refractivity contribution in [3.8, 4) is 20.2 Å². The van der Waals surface area contributed by atoms with Crippen molar-refractivity contribution in [2.75, 3.05) is 0 Å². The first-order chi connectivity index (χ1) is 21.8. The molecule has 0 radical (unpaired) electrons. The van der Waals surface area contributed by atoms with Gasteiger partial charge < -0.3 is 0 Å². The number of benzene rings is 2. The molecule has 0 aliphatic heterocycles. The minimum atomic E-state index is 1.20. The average Bonchev–Trinajstić information content (AvgIpc) is 3.70. The summed E-state index contributed by atoms with van der Waals surface area (Å²) in [4.78, 5) is 4.43. The molecule has 0 amide bonds. The van der Waals surface area contributed by atoms with Crippen molar-refractivity contribution < 1.29 is 0 Å². The molecule has 4 rings (SSSR count). The molecule has 4 aromatic rings. The Kier molecular flexibility index (Phi) is 16.7. The van der Waals surface area contributed by atoms with E-state index >= 15 is 0 Å². The van der Waals surface area contributed by atoms with Crippen molar-refractivity contribution in [2.45, 2.75) is 155 Å². The van der Waals surface area contributed by atoms with E-state index in [2.05, 4.69) is 73.8 Å². The molecular formula is C42H60S2. The Hall–Kier alpha value is -1.90. The van der Waals surface area contributed by atoms with Crippen molar-refractivity contribution in [1.82, 2.24) is 0 Å². The van der Waals surface area contributed by atoms with Crippen molar-refractivity contribution >= 4 is 33.4 Å². The first-order valence-corrected chi connectivity index (χ1v) is 20.2. The van der Waals surface area contributed by atoms with Gasteiger partial charge in [0.25, 0.3) is 0 Å². The molecule has 0 atom stereocenters. The molecule has 2 heterocycles. The van der Waals surface area contributed by atoms with Crippen LogP contribution in [0.4, 0.5) is 0 Å². The summed E-state index contributed by atoms with van der Waals surface area (Å²) >= 11 is 3.98. The molecule has 2 aromatic carbocycles. The molecule has 0 unspecified atom stereocenters. The molecule has 0 nitrogen and oxygen atoms in total. The number of fused-ring (bicyclic) bond motifs is 1. The number of rotatable bonds is 24. The van der Waals surface area contributed by atoms with Gasteiger partial charge in [-0.05, 0) is 76.7 Å². The summed E-state index contributed by atoms with van der Waals surface area (Å²) in [5.74, 6) is 0. The van der Waals surface area contributed by atoms with Crippen LogP contribution in [-0.2, 0) is 12.8 Å². The Morgan fingerprint density at radius 3 is 1.64 bits per heavy atom. The smallest absolute Gasteiger partial charge is 0.0452 e. The predicted octanol–water partition coefficient (Wildman–Crippen LogP) is 15.2. The molecule has 0 N–H and O–H groups in total. The Balaban J connectivity index is 1.30. The van der Waals surface area contributed by atoms with Gasteiger partial charge in [-0.25, -0.2) is 0 Å². The van der Waals surface area contributed by atoms with Crippen LogP contribution in [0.5, 0.6) is 0 Å². The molecule has 0 aliphatic carbocycles. The van der Waals surface area contributed by atoms with E-state index < -0.39 is 0 Å². The van der Waals surface area contributed by atoms with Gasteiger partial charge >= 0.3 is 0 Å². The molecule has 0 aliphatic rings. The van der Waals surface area contributed by atoms with Gasteiger partial charge in [0.05, 0.1) is 0 Å². The van der Waals surface area contributed by atoms with Crippen LogP contribution >= 0.6 is 22.7 Å². The fourth-order valence-corrected chi connectivity index (χ4v) is 8.81. The summed E-state index contributed by atoms with van der Waals surface area (Å²) in [5.41, 5.74) is 4.50. The van der Waals surface area contributed by atoms with E-state index in [0.29, 0.717) is 0 Å². The number of unbranched alkanes of at least 4 members (excludes halogenated alkanes) is 18. The highest BCUT2D eigenvalue weighted by Gasteiger charge is 2.14. The lowest BCUT2D eigenvalue weighted by molar-refractivity contribution is 0.556. The quantitative estimate of drug-likeness (QED) is 0.0677. The topological polar surface area (TPSA) is 0 Å². The summed E-state index contributed by atoms with van der Waals surface area (Å²) in [6, 6.07) is 20.9. The van der Waals surface area contributed by atoms with Crippen LogP contribution in [0.1, 0.15) is 153 Å². The van der Waals surface area contributed by atoms with E-state index in [1.165, 1.54) is 172 Å². The SMILES string of the molecule is CCCCCCCCCCCCc1csc(-c2cc(CCCCCCCCCCCC)c(-c3ccc4ccccc4c3)s2)c1. The molecule has 0 saturated carbocycles. The number of hydrogen-bond acceptors (Lipinski definition) is 2. The fraction of sp³-hybridized carbons (Fsp3) is 0.571. The Morgan fingerprint density at radius 1 is 0.477 bits per heavy atom. The van der Waals surface area contributed by atoms with E-state index in [1.807, 2.05) is 22.7 Å². The summed E-state index contributed by atoms with van der Waals surface area (Å²) in [5, 5.41) is 5.11. The Bertz CT molecular complexity index is 1310. The second kappa shape index (κ2) is 21.0. The normalized spacial score (nSPS) is 11.6.